The van der Waals surface area contributed by atoms with Crippen molar-refractivity contribution in [2.75, 3.05) is 72.6 Å². The van der Waals surface area contributed by atoms with E-state index in [4.69, 9.17) is 9.47 Å². The Bertz CT molecular complexity index is 746. The van der Waals surface area contributed by atoms with Gasteiger partial charge in [0.2, 0.25) is 0 Å². The molecule has 3 aliphatic rings. The first kappa shape index (κ1) is 23.0. The summed E-state index contributed by atoms with van der Waals surface area (Å²) < 4.78 is 10.4. The van der Waals surface area contributed by atoms with E-state index < -0.39 is 0 Å². The molecule has 0 radical (unpaired) electrons. The van der Waals surface area contributed by atoms with Gasteiger partial charge in [-0.05, 0) is 37.4 Å². The molecule has 1 atom stereocenters. The van der Waals surface area contributed by atoms with Gasteiger partial charge in [0.25, 0.3) is 0 Å². The first-order valence-electron chi connectivity index (χ1n) is 11.8. The molecule has 0 saturated carbocycles. The number of carbonyl (C=O) groups is 2. The number of likely N-dealkylation sites (tertiary alicyclic amines) is 1. The third kappa shape index (κ3) is 6.43. The molecule has 4 rings (SSSR count). The summed E-state index contributed by atoms with van der Waals surface area (Å²) >= 11 is 0. The van der Waals surface area contributed by atoms with Crippen LogP contribution in [0, 0.1) is 5.92 Å². The van der Waals surface area contributed by atoms with Crippen LogP contribution in [0.25, 0.3) is 0 Å². The van der Waals surface area contributed by atoms with Gasteiger partial charge in [0.15, 0.2) is 0 Å². The number of piperazine rings is 1. The van der Waals surface area contributed by atoms with Crippen LogP contribution in [0.5, 0.6) is 0 Å². The highest BCUT2D eigenvalue weighted by atomic mass is 16.6. The molecule has 3 heterocycles. The fourth-order valence-corrected chi connectivity index (χ4v) is 4.96. The lowest BCUT2D eigenvalue weighted by Crippen LogP contribution is -2.50. The maximum absolute atomic E-state index is 12.4. The summed E-state index contributed by atoms with van der Waals surface area (Å²) in [6.07, 6.45) is 2.03. The molecule has 1 unspecified atom stereocenters. The number of carbonyl (C=O) groups excluding carboxylic acids is 2. The molecule has 8 heteroatoms. The predicted molar refractivity (Wildman–Crippen MR) is 121 cm³/mol. The summed E-state index contributed by atoms with van der Waals surface area (Å²) in [5.74, 6) is 0.361. The fourth-order valence-electron chi connectivity index (χ4n) is 4.96. The zero-order valence-corrected chi connectivity index (χ0v) is 19.2. The summed E-state index contributed by atoms with van der Waals surface area (Å²) in [5, 5.41) is 0. The van der Waals surface area contributed by atoms with E-state index in [0.717, 1.165) is 71.7 Å². The third-order valence-electron chi connectivity index (χ3n) is 6.89. The van der Waals surface area contributed by atoms with E-state index in [-0.39, 0.29) is 18.2 Å². The molecule has 8 nitrogen and oxygen atoms in total. The van der Waals surface area contributed by atoms with Gasteiger partial charge in [-0.1, -0.05) is 30.3 Å². The van der Waals surface area contributed by atoms with Crippen molar-refractivity contribution in [3.63, 3.8) is 0 Å². The van der Waals surface area contributed by atoms with Gasteiger partial charge in [-0.2, -0.15) is 0 Å². The molecular weight excluding hydrogens is 408 g/mol. The molecular formula is C24H36N4O4. The zero-order valence-electron chi connectivity index (χ0n) is 19.2. The maximum atomic E-state index is 12.4. The SMILES string of the molecule is COC(=O)CN1CCN(CC2CN(CC3CCN(Cc4ccccc4)CC3)C(=O)O2)CC1. The number of esters is 1. The number of hydrogen-bond acceptors (Lipinski definition) is 7. The number of nitrogens with zero attached hydrogens (tertiary/aromatic N) is 4. The van der Waals surface area contributed by atoms with Gasteiger partial charge in [-0.3, -0.25) is 19.5 Å². The van der Waals surface area contributed by atoms with E-state index in [1.165, 1.54) is 12.7 Å². The Morgan fingerprint density at radius 2 is 1.66 bits per heavy atom. The van der Waals surface area contributed by atoms with E-state index in [1.54, 1.807) is 0 Å². The van der Waals surface area contributed by atoms with Crippen molar-refractivity contribution in [2.24, 2.45) is 5.92 Å². The Labute approximate surface area is 191 Å². The molecule has 3 fully saturated rings. The monoisotopic (exact) mass is 444 g/mol. The lowest BCUT2D eigenvalue weighted by Gasteiger charge is -2.35. The van der Waals surface area contributed by atoms with Crippen molar-refractivity contribution in [3.05, 3.63) is 35.9 Å². The third-order valence-corrected chi connectivity index (χ3v) is 6.89. The minimum atomic E-state index is -0.190. The van der Waals surface area contributed by atoms with Crippen LogP contribution in [0.2, 0.25) is 0 Å². The fraction of sp³-hybridized carbons (Fsp3) is 0.667. The summed E-state index contributed by atoms with van der Waals surface area (Å²) in [7, 11) is 1.42. The minimum Gasteiger partial charge on any atom is -0.468 e. The van der Waals surface area contributed by atoms with Crippen LogP contribution < -0.4 is 0 Å². The quantitative estimate of drug-likeness (QED) is 0.563. The molecule has 3 aliphatic heterocycles. The molecule has 1 aromatic carbocycles. The van der Waals surface area contributed by atoms with E-state index in [0.29, 0.717) is 19.0 Å². The number of hydrogen-bond donors (Lipinski definition) is 0. The van der Waals surface area contributed by atoms with Crippen LogP contribution in [0.3, 0.4) is 0 Å². The predicted octanol–water partition coefficient (Wildman–Crippen LogP) is 1.51. The molecule has 32 heavy (non-hydrogen) atoms. The van der Waals surface area contributed by atoms with Crippen LogP contribution in [0.4, 0.5) is 4.79 Å². The van der Waals surface area contributed by atoms with Gasteiger partial charge in [-0.15, -0.1) is 0 Å². The lowest BCUT2D eigenvalue weighted by molar-refractivity contribution is -0.142. The number of benzene rings is 1. The summed E-state index contributed by atoms with van der Waals surface area (Å²) in [5.41, 5.74) is 1.36. The standard InChI is InChI=1S/C24H36N4O4/c1-31-23(29)19-27-13-11-26(12-14-27)17-22-18-28(24(30)32-22)16-21-7-9-25(10-8-21)15-20-5-3-2-4-6-20/h2-6,21-22H,7-19H2,1H3. The smallest absolute Gasteiger partial charge is 0.410 e. The van der Waals surface area contributed by atoms with Crippen molar-refractivity contribution in [2.45, 2.75) is 25.5 Å². The summed E-state index contributed by atoms with van der Waals surface area (Å²) in [6, 6.07) is 10.6. The zero-order chi connectivity index (χ0) is 22.3. The van der Waals surface area contributed by atoms with Crippen LogP contribution in [-0.2, 0) is 20.8 Å². The average Bonchev–Trinajstić information content (AvgIpc) is 3.15. The molecule has 0 N–H and O–H groups in total. The second kappa shape index (κ2) is 11.1. The highest BCUT2D eigenvalue weighted by Crippen LogP contribution is 2.23. The number of cyclic esters (lactones) is 1. The molecule has 1 amide bonds. The van der Waals surface area contributed by atoms with Crippen molar-refractivity contribution >= 4 is 12.1 Å². The topological polar surface area (TPSA) is 65.6 Å². The first-order chi connectivity index (χ1) is 15.6. The Hall–Kier alpha value is -2.16. The summed E-state index contributed by atoms with van der Waals surface area (Å²) in [4.78, 5) is 32.7. The number of methoxy groups -OCH3 is 1. The highest BCUT2D eigenvalue weighted by Gasteiger charge is 2.35. The Morgan fingerprint density at radius 3 is 2.34 bits per heavy atom. The van der Waals surface area contributed by atoms with Crippen LogP contribution in [0.1, 0.15) is 18.4 Å². The molecule has 0 aliphatic carbocycles. The second-order valence-electron chi connectivity index (χ2n) is 9.27. The van der Waals surface area contributed by atoms with Crippen LogP contribution in [0.15, 0.2) is 30.3 Å². The molecule has 0 aromatic heterocycles. The molecule has 176 valence electrons. The van der Waals surface area contributed by atoms with Gasteiger partial charge in [0.1, 0.15) is 6.10 Å². The van der Waals surface area contributed by atoms with Gasteiger partial charge >= 0.3 is 12.1 Å². The normalized spacial score (nSPS) is 24.0. The van der Waals surface area contributed by atoms with E-state index in [9.17, 15) is 9.59 Å². The van der Waals surface area contributed by atoms with E-state index >= 15 is 0 Å². The number of ether oxygens (including phenoxy) is 2. The average molecular weight is 445 g/mol. The van der Waals surface area contributed by atoms with Crippen LogP contribution in [-0.4, -0.2) is 110 Å². The van der Waals surface area contributed by atoms with Crippen LogP contribution >= 0.6 is 0 Å². The largest absolute Gasteiger partial charge is 0.468 e. The van der Waals surface area contributed by atoms with Gasteiger partial charge < -0.3 is 14.4 Å². The molecule has 0 spiro atoms. The number of amides is 1. The first-order valence-corrected chi connectivity index (χ1v) is 11.8. The van der Waals surface area contributed by atoms with Crippen molar-refractivity contribution < 1.29 is 19.1 Å². The second-order valence-corrected chi connectivity index (χ2v) is 9.27. The van der Waals surface area contributed by atoms with E-state index in [1.807, 2.05) is 4.90 Å². The number of rotatable bonds is 8. The molecule has 0 bridgehead atoms. The molecule has 3 saturated heterocycles. The highest BCUT2D eigenvalue weighted by molar-refractivity contribution is 5.71. The van der Waals surface area contributed by atoms with Gasteiger partial charge in [0.05, 0.1) is 20.2 Å². The Morgan fingerprint density at radius 1 is 0.969 bits per heavy atom. The van der Waals surface area contributed by atoms with Crippen molar-refractivity contribution in [1.29, 1.82) is 0 Å². The Kier molecular flexibility index (Phi) is 8.00. The van der Waals surface area contributed by atoms with E-state index in [2.05, 4.69) is 45.0 Å². The molecule has 1 aromatic rings. The summed E-state index contributed by atoms with van der Waals surface area (Å²) in [6.45, 7) is 9.22. The van der Waals surface area contributed by atoms with Crippen molar-refractivity contribution in [3.8, 4) is 0 Å². The minimum absolute atomic E-state index is 0.0622. The Balaban J connectivity index is 1.15. The van der Waals surface area contributed by atoms with Crippen molar-refractivity contribution in [1.82, 2.24) is 19.6 Å². The number of piperidine rings is 1. The van der Waals surface area contributed by atoms with Gasteiger partial charge in [-0.25, -0.2) is 4.79 Å². The van der Waals surface area contributed by atoms with Gasteiger partial charge in [0, 0.05) is 45.8 Å². The lowest BCUT2D eigenvalue weighted by atomic mass is 9.96. The maximum Gasteiger partial charge on any atom is 0.410 e.